The zero-order chi connectivity index (χ0) is 9.14. The molecule has 0 aromatic heterocycles. The van der Waals surface area contributed by atoms with Crippen molar-refractivity contribution in [3.05, 3.63) is 27.2 Å². The molecule has 0 aliphatic rings. The van der Waals surface area contributed by atoms with Gasteiger partial charge in [-0.3, -0.25) is 4.79 Å². The average molecular weight is 225 g/mol. The monoisotopic (exact) mass is 224 g/mol. The molecule has 64 valence electrons. The molecule has 0 bridgehead atoms. The van der Waals surface area contributed by atoms with Crippen molar-refractivity contribution in [2.45, 2.75) is 0 Å². The summed E-state index contributed by atoms with van der Waals surface area (Å²) in [4.78, 5) is 9.97. The van der Waals surface area contributed by atoms with Crippen LogP contribution in [0.1, 0.15) is 0 Å². The molecule has 0 aliphatic carbocycles. The first-order valence-corrected chi connectivity index (χ1v) is 4.03. The summed E-state index contributed by atoms with van der Waals surface area (Å²) in [6, 6.07) is 2.78. The molecule has 0 fully saturated rings. The van der Waals surface area contributed by atoms with Gasteiger partial charge in [-0.1, -0.05) is 34.8 Å². The van der Waals surface area contributed by atoms with Crippen LogP contribution < -0.4 is 4.74 Å². The molecule has 1 aromatic rings. The van der Waals surface area contributed by atoms with Crippen LogP contribution in [0.4, 0.5) is 0 Å². The molecule has 0 saturated carbocycles. The van der Waals surface area contributed by atoms with E-state index in [2.05, 4.69) is 4.74 Å². The van der Waals surface area contributed by atoms with Crippen molar-refractivity contribution in [2.75, 3.05) is 0 Å². The number of ether oxygens (including phenoxy) is 1. The second kappa shape index (κ2) is 3.99. The Hall–Kier alpha value is -0.440. The topological polar surface area (TPSA) is 26.3 Å². The molecule has 1 aromatic carbocycles. The SMILES string of the molecule is O=COc1cc(Cl)c(Cl)cc1Cl. The number of carbonyl (C=O) groups excluding carboxylic acids is 1. The highest BCUT2D eigenvalue weighted by atomic mass is 35.5. The second-order valence-electron chi connectivity index (χ2n) is 1.91. The van der Waals surface area contributed by atoms with E-state index in [-0.39, 0.29) is 22.3 Å². The van der Waals surface area contributed by atoms with Crippen molar-refractivity contribution in [2.24, 2.45) is 0 Å². The number of hydrogen-bond acceptors (Lipinski definition) is 2. The van der Waals surface area contributed by atoms with Crippen molar-refractivity contribution in [3.8, 4) is 5.75 Å². The largest absolute Gasteiger partial charge is 0.427 e. The van der Waals surface area contributed by atoms with Gasteiger partial charge >= 0.3 is 0 Å². The van der Waals surface area contributed by atoms with Crippen molar-refractivity contribution in [1.82, 2.24) is 0 Å². The van der Waals surface area contributed by atoms with E-state index >= 15 is 0 Å². The summed E-state index contributed by atoms with van der Waals surface area (Å²) in [6.45, 7) is 0.269. The maximum atomic E-state index is 9.97. The lowest BCUT2D eigenvalue weighted by atomic mass is 10.3. The third-order valence-corrected chi connectivity index (χ3v) is 2.17. The highest BCUT2D eigenvalue weighted by Gasteiger charge is 2.06. The molecular formula is C7H3Cl3O2. The van der Waals surface area contributed by atoms with E-state index in [1.165, 1.54) is 12.1 Å². The summed E-state index contributed by atoms with van der Waals surface area (Å²) in [5.74, 6) is 0.195. The van der Waals surface area contributed by atoms with Gasteiger partial charge < -0.3 is 4.74 Å². The van der Waals surface area contributed by atoms with Crippen molar-refractivity contribution >= 4 is 41.3 Å². The van der Waals surface area contributed by atoms with Gasteiger partial charge in [0.15, 0.2) is 5.75 Å². The molecule has 2 nitrogen and oxygen atoms in total. The van der Waals surface area contributed by atoms with Crippen LogP contribution in [-0.2, 0) is 4.79 Å². The van der Waals surface area contributed by atoms with E-state index in [0.717, 1.165) is 0 Å². The van der Waals surface area contributed by atoms with Gasteiger partial charge in [0.25, 0.3) is 6.47 Å². The Balaban J connectivity index is 3.13. The van der Waals surface area contributed by atoms with E-state index < -0.39 is 0 Å². The molecule has 0 unspecified atom stereocenters. The smallest absolute Gasteiger partial charge is 0.298 e. The number of benzene rings is 1. The standard InChI is InChI=1S/C7H3Cl3O2/c8-4-1-6(10)7(12-3-11)2-5(4)9/h1-3H. The van der Waals surface area contributed by atoms with Crippen LogP contribution in [0.5, 0.6) is 5.75 Å². The molecule has 12 heavy (non-hydrogen) atoms. The summed E-state index contributed by atoms with van der Waals surface area (Å²) in [5, 5.41) is 0.856. The average Bonchev–Trinajstić information content (AvgIpc) is 2.01. The lowest BCUT2D eigenvalue weighted by Crippen LogP contribution is -1.89. The van der Waals surface area contributed by atoms with E-state index in [1.54, 1.807) is 0 Å². The van der Waals surface area contributed by atoms with Crippen LogP contribution in [0.25, 0.3) is 0 Å². The van der Waals surface area contributed by atoms with E-state index in [1.807, 2.05) is 0 Å². The predicted molar refractivity (Wildman–Crippen MR) is 48.2 cm³/mol. The molecule has 0 heterocycles. The molecule has 0 aliphatic heterocycles. The molecular weight excluding hydrogens is 222 g/mol. The second-order valence-corrected chi connectivity index (χ2v) is 3.13. The molecule has 0 spiro atoms. The zero-order valence-corrected chi connectivity index (χ0v) is 7.95. The quantitative estimate of drug-likeness (QED) is 0.571. The number of hydrogen-bond donors (Lipinski definition) is 0. The van der Waals surface area contributed by atoms with Crippen molar-refractivity contribution < 1.29 is 9.53 Å². The van der Waals surface area contributed by atoms with E-state index in [0.29, 0.717) is 5.02 Å². The highest BCUT2D eigenvalue weighted by Crippen LogP contribution is 2.33. The summed E-state index contributed by atoms with van der Waals surface area (Å²) in [6.07, 6.45) is 0. The number of carbonyl (C=O) groups is 1. The fourth-order valence-corrected chi connectivity index (χ4v) is 1.23. The third kappa shape index (κ3) is 2.03. The van der Waals surface area contributed by atoms with E-state index in [9.17, 15) is 4.79 Å². The van der Waals surface area contributed by atoms with Crippen LogP contribution in [-0.4, -0.2) is 6.47 Å². The summed E-state index contributed by atoms with van der Waals surface area (Å²) in [7, 11) is 0. The van der Waals surface area contributed by atoms with Gasteiger partial charge in [-0.2, -0.15) is 0 Å². The fourth-order valence-electron chi connectivity index (χ4n) is 0.646. The Labute approximate surface area is 84.0 Å². The minimum Gasteiger partial charge on any atom is -0.427 e. The van der Waals surface area contributed by atoms with Crippen LogP contribution in [0.3, 0.4) is 0 Å². The lowest BCUT2D eigenvalue weighted by molar-refractivity contribution is -0.120. The molecule has 0 radical (unpaired) electrons. The Kier molecular flexibility index (Phi) is 3.20. The number of halogens is 3. The molecule has 0 saturated heterocycles. The van der Waals surface area contributed by atoms with Gasteiger partial charge in [0.05, 0.1) is 15.1 Å². The first-order valence-electron chi connectivity index (χ1n) is 2.90. The highest BCUT2D eigenvalue weighted by molar-refractivity contribution is 6.43. The Bertz CT molecular complexity index is 312. The van der Waals surface area contributed by atoms with Gasteiger partial charge in [0, 0.05) is 6.07 Å². The minimum absolute atomic E-state index is 0.195. The molecule has 0 atom stereocenters. The third-order valence-electron chi connectivity index (χ3n) is 1.15. The van der Waals surface area contributed by atoms with Crippen LogP contribution in [0.15, 0.2) is 12.1 Å². The Morgan fingerprint density at radius 3 is 2.25 bits per heavy atom. The number of rotatable bonds is 2. The molecule has 5 heteroatoms. The van der Waals surface area contributed by atoms with Crippen molar-refractivity contribution in [3.63, 3.8) is 0 Å². The van der Waals surface area contributed by atoms with E-state index in [4.69, 9.17) is 34.8 Å². The molecule has 0 N–H and O–H groups in total. The van der Waals surface area contributed by atoms with Gasteiger partial charge in [0.1, 0.15) is 0 Å². The maximum Gasteiger partial charge on any atom is 0.298 e. The van der Waals surface area contributed by atoms with Crippen LogP contribution >= 0.6 is 34.8 Å². The Morgan fingerprint density at radius 1 is 1.08 bits per heavy atom. The zero-order valence-electron chi connectivity index (χ0n) is 5.68. The van der Waals surface area contributed by atoms with Gasteiger partial charge in [-0.25, -0.2) is 0 Å². The van der Waals surface area contributed by atoms with Crippen LogP contribution in [0.2, 0.25) is 15.1 Å². The van der Waals surface area contributed by atoms with Gasteiger partial charge in [-0.15, -0.1) is 0 Å². The first-order chi connectivity index (χ1) is 5.65. The normalized spacial score (nSPS) is 9.58. The molecule has 0 amide bonds. The summed E-state index contributed by atoms with van der Waals surface area (Å²) >= 11 is 16.9. The summed E-state index contributed by atoms with van der Waals surface area (Å²) in [5.41, 5.74) is 0. The molecule has 1 rings (SSSR count). The maximum absolute atomic E-state index is 9.97. The Morgan fingerprint density at radius 2 is 1.67 bits per heavy atom. The van der Waals surface area contributed by atoms with Crippen molar-refractivity contribution in [1.29, 1.82) is 0 Å². The van der Waals surface area contributed by atoms with Gasteiger partial charge in [0.2, 0.25) is 0 Å². The summed E-state index contributed by atoms with van der Waals surface area (Å²) < 4.78 is 4.52. The fraction of sp³-hybridized carbons (Fsp3) is 0. The minimum atomic E-state index is 0.195. The van der Waals surface area contributed by atoms with Gasteiger partial charge in [-0.05, 0) is 6.07 Å². The lowest BCUT2D eigenvalue weighted by Gasteiger charge is -2.02. The predicted octanol–water partition coefficient (Wildman–Crippen LogP) is 3.18. The first kappa shape index (κ1) is 9.65. The van der Waals surface area contributed by atoms with Crippen LogP contribution in [0, 0.1) is 0 Å².